The van der Waals surface area contributed by atoms with E-state index in [0.29, 0.717) is 0 Å². The van der Waals surface area contributed by atoms with Crippen LogP contribution in [0.1, 0.15) is 10.4 Å². The van der Waals surface area contributed by atoms with E-state index in [-0.39, 0.29) is 21.1 Å². The van der Waals surface area contributed by atoms with Crippen LogP contribution >= 0.6 is 23.2 Å². The van der Waals surface area contributed by atoms with Crippen LogP contribution in [0.25, 0.3) is 0 Å². The van der Waals surface area contributed by atoms with Crippen molar-refractivity contribution in [3.05, 3.63) is 27.7 Å². The molecule has 1 aromatic rings. The van der Waals surface area contributed by atoms with Crippen molar-refractivity contribution in [3.8, 4) is 0 Å². The van der Waals surface area contributed by atoms with Gasteiger partial charge in [0.2, 0.25) is 0 Å². The fourth-order valence-corrected chi connectivity index (χ4v) is 1.54. The molecule has 0 aromatic heterocycles. The molecular formula is C8H7BCl2O4. The molecule has 80 valence electrons. The first-order chi connectivity index (χ1) is 6.99. The fraction of sp³-hybridized carbons (Fsp3) is 0.125. The number of hydrogen-bond acceptors (Lipinski definition) is 4. The van der Waals surface area contributed by atoms with Crippen LogP contribution in [0.15, 0.2) is 12.1 Å². The van der Waals surface area contributed by atoms with E-state index in [1.165, 1.54) is 19.2 Å². The zero-order valence-electron chi connectivity index (χ0n) is 7.70. The summed E-state index contributed by atoms with van der Waals surface area (Å²) < 4.78 is 4.47. The largest absolute Gasteiger partial charge is 0.490 e. The predicted molar refractivity (Wildman–Crippen MR) is 57.6 cm³/mol. The highest BCUT2D eigenvalue weighted by atomic mass is 35.5. The zero-order valence-corrected chi connectivity index (χ0v) is 9.21. The van der Waals surface area contributed by atoms with Crippen molar-refractivity contribution in [2.45, 2.75) is 0 Å². The molecule has 0 amide bonds. The van der Waals surface area contributed by atoms with Crippen LogP contribution in [0.3, 0.4) is 0 Å². The Morgan fingerprint density at radius 2 is 1.93 bits per heavy atom. The Kier molecular flexibility index (Phi) is 3.99. The van der Waals surface area contributed by atoms with E-state index in [9.17, 15) is 4.79 Å². The van der Waals surface area contributed by atoms with E-state index in [1.54, 1.807) is 0 Å². The molecule has 0 unspecified atom stereocenters. The summed E-state index contributed by atoms with van der Waals surface area (Å²) in [6.45, 7) is 0. The highest BCUT2D eigenvalue weighted by Crippen LogP contribution is 2.24. The van der Waals surface area contributed by atoms with Gasteiger partial charge >= 0.3 is 13.1 Å². The summed E-state index contributed by atoms with van der Waals surface area (Å²) in [6.07, 6.45) is 0. The molecule has 0 spiro atoms. The van der Waals surface area contributed by atoms with Crippen molar-refractivity contribution < 1.29 is 19.6 Å². The Labute approximate surface area is 96.5 Å². The first-order valence-corrected chi connectivity index (χ1v) is 4.67. The van der Waals surface area contributed by atoms with E-state index >= 15 is 0 Å². The zero-order chi connectivity index (χ0) is 11.6. The van der Waals surface area contributed by atoms with Crippen molar-refractivity contribution in [1.29, 1.82) is 0 Å². The molecular weight excluding hydrogens is 242 g/mol. The minimum absolute atomic E-state index is 0.0364. The monoisotopic (exact) mass is 248 g/mol. The maximum Gasteiger partial charge on any atom is 0.490 e. The number of methoxy groups -OCH3 is 1. The highest BCUT2D eigenvalue weighted by Gasteiger charge is 2.21. The van der Waals surface area contributed by atoms with E-state index in [4.69, 9.17) is 33.2 Å². The number of carbonyl (C=O) groups excluding carboxylic acids is 1. The van der Waals surface area contributed by atoms with Crippen LogP contribution in [0.2, 0.25) is 10.0 Å². The average molecular weight is 249 g/mol. The smallest absolute Gasteiger partial charge is 0.465 e. The van der Waals surface area contributed by atoms with Gasteiger partial charge in [0.1, 0.15) is 0 Å². The first-order valence-electron chi connectivity index (χ1n) is 3.91. The minimum atomic E-state index is -1.73. The van der Waals surface area contributed by atoms with Gasteiger partial charge in [-0.1, -0.05) is 29.3 Å². The van der Waals surface area contributed by atoms with Crippen LogP contribution in [0, 0.1) is 0 Å². The Hall–Kier alpha value is -0.745. The molecule has 0 bridgehead atoms. The lowest BCUT2D eigenvalue weighted by molar-refractivity contribution is 0.0601. The van der Waals surface area contributed by atoms with E-state index in [1.807, 2.05) is 0 Å². The third-order valence-electron chi connectivity index (χ3n) is 1.80. The second kappa shape index (κ2) is 4.85. The Morgan fingerprint density at radius 3 is 2.40 bits per heavy atom. The predicted octanol–water partition coefficient (Wildman–Crippen LogP) is 0.460. The van der Waals surface area contributed by atoms with Crippen LogP contribution in [0.4, 0.5) is 0 Å². The number of esters is 1. The summed E-state index contributed by atoms with van der Waals surface area (Å²) in [7, 11) is -0.525. The number of carbonyl (C=O) groups is 1. The van der Waals surface area contributed by atoms with E-state index in [2.05, 4.69) is 4.74 Å². The second-order valence-electron chi connectivity index (χ2n) is 2.70. The molecule has 0 heterocycles. The van der Waals surface area contributed by atoms with Gasteiger partial charge in [0.25, 0.3) is 0 Å². The topological polar surface area (TPSA) is 66.8 Å². The molecule has 0 aliphatic heterocycles. The van der Waals surface area contributed by atoms with Gasteiger partial charge in [0.05, 0.1) is 22.7 Å². The number of halogens is 2. The maximum absolute atomic E-state index is 11.2. The molecule has 2 N–H and O–H groups in total. The number of rotatable bonds is 2. The Bertz CT molecular complexity index is 394. The lowest BCUT2D eigenvalue weighted by Crippen LogP contribution is -2.31. The molecule has 15 heavy (non-hydrogen) atoms. The van der Waals surface area contributed by atoms with Crippen LogP contribution in [-0.2, 0) is 4.74 Å². The van der Waals surface area contributed by atoms with Gasteiger partial charge in [-0.2, -0.15) is 0 Å². The summed E-state index contributed by atoms with van der Waals surface area (Å²) >= 11 is 11.5. The van der Waals surface area contributed by atoms with Crippen molar-refractivity contribution >= 4 is 41.8 Å². The third kappa shape index (κ3) is 2.44. The molecule has 0 aliphatic carbocycles. The van der Waals surface area contributed by atoms with E-state index in [0.717, 1.165) is 0 Å². The standard InChI is InChI=1S/C8H7BCl2O4/c1-15-8(12)4-2-3-5(9(13)14)7(11)6(4)10/h2-3,13-14H,1H3. The van der Waals surface area contributed by atoms with Crippen LogP contribution in [-0.4, -0.2) is 30.2 Å². The molecule has 0 saturated carbocycles. The number of hydrogen-bond donors (Lipinski definition) is 2. The molecule has 0 saturated heterocycles. The minimum Gasteiger partial charge on any atom is -0.465 e. The summed E-state index contributed by atoms with van der Waals surface area (Å²) in [5, 5.41) is 17.7. The van der Waals surface area contributed by atoms with Crippen LogP contribution < -0.4 is 5.46 Å². The normalized spacial score (nSPS) is 9.93. The molecule has 4 nitrogen and oxygen atoms in total. The lowest BCUT2D eigenvalue weighted by atomic mass is 9.80. The molecule has 1 rings (SSSR count). The molecule has 0 radical (unpaired) electrons. The molecule has 0 atom stereocenters. The highest BCUT2D eigenvalue weighted by molar-refractivity contribution is 6.64. The fourth-order valence-electron chi connectivity index (χ4n) is 1.03. The van der Waals surface area contributed by atoms with Gasteiger partial charge in [-0.05, 0) is 6.07 Å². The Morgan fingerprint density at radius 1 is 1.33 bits per heavy atom. The van der Waals surface area contributed by atoms with Crippen molar-refractivity contribution in [2.24, 2.45) is 0 Å². The second-order valence-corrected chi connectivity index (χ2v) is 3.45. The molecule has 7 heteroatoms. The van der Waals surface area contributed by atoms with Crippen molar-refractivity contribution in [2.75, 3.05) is 7.11 Å². The van der Waals surface area contributed by atoms with Gasteiger partial charge in [-0.3, -0.25) is 0 Å². The number of benzene rings is 1. The molecule has 1 aromatic carbocycles. The average Bonchev–Trinajstić information content (AvgIpc) is 2.20. The summed E-state index contributed by atoms with van der Waals surface area (Å²) in [5.41, 5.74) is 0.114. The van der Waals surface area contributed by atoms with Crippen molar-refractivity contribution in [3.63, 3.8) is 0 Å². The Balaban J connectivity index is 3.27. The van der Waals surface area contributed by atoms with Gasteiger partial charge in [-0.15, -0.1) is 0 Å². The maximum atomic E-state index is 11.2. The first kappa shape index (κ1) is 12.3. The quantitative estimate of drug-likeness (QED) is 0.590. The molecule has 0 aliphatic rings. The third-order valence-corrected chi connectivity index (χ3v) is 2.69. The molecule has 0 fully saturated rings. The van der Waals surface area contributed by atoms with E-state index < -0.39 is 13.1 Å². The lowest BCUT2D eigenvalue weighted by Gasteiger charge is -2.08. The van der Waals surface area contributed by atoms with Gasteiger partial charge in [-0.25, -0.2) is 4.79 Å². The summed E-state index contributed by atoms with van der Waals surface area (Å²) in [5.74, 6) is -0.638. The van der Waals surface area contributed by atoms with Gasteiger partial charge in [0.15, 0.2) is 0 Å². The van der Waals surface area contributed by atoms with Gasteiger partial charge in [0, 0.05) is 5.46 Å². The number of ether oxygens (including phenoxy) is 1. The van der Waals surface area contributed by atoms with Gasteiger partial charge < -0.3 is 14.8 Å². The van der Waals surface area contributed by atoms with Crippen molar-refractivity contribution in [1.82, 2.24) is 0 Å². The van der Waals surface area contributed by atoms with Crippen LogP contribution in [0.5, 0.6) is 0 Å². The summed E-state index contributed by atoms with van der Waals surface area (Å²) in [4.78, 5) is 11.2. The SMILES string of the molecule is COC(=O)c1ccc(B(O)O)c(Cl)c1Cl. The summed E-state index contributed by atoms with van der Waals surface area (Å²) in [6, 6.07) is 2.61.